The van der Waals surface area contributed by atoms with E-state index < -0.39 is 0 Å². The molecule has 4 unspecified atom stereocenters. The molecule has 0 aliphatic carbocycles. The number of nitro groups is 1. The first kappa shape index (κ1) is 21.1. The van der Waals surface area contributed by atoms with Gasteiger partial charge in [0.25, 0.3) is 5.69 Å². The molecule has 0 saturated carbocycles. The van der Waals surface area contributed by atoms with E-state index in [1.54, 1.807) is 12.1 Å². The summed E-state index contributed by atoms with van der Waals surface area (Å²) in [6, 6.07) is 3.12. The fourth-order valence-electron chi connectivity index (χ4n) is 5.41. The number of nitro benzene ring substituents is 1. The maximum atomic E-state index is 11.5. The smallest absolute Gasteiger partial charge is 0.270 e. The number of piperidine rings is 2. The molecule has 1 aromatic rings. The molecule has 2 fully saturated rings. The second-order valence-corrected chi connectivity index (χ2v) is 9.65. The van der Waals surface area contributed by atoms with Crippen LogP contribution < -0.4 is 0 Å². The maximum Gasteiger partial charge on any atom is 0.270 e. The van der Waals surface area contributed by atoms with Crippen molar-refractivity contribution in [3.05, 3.63) is 33.4 Å². The molecule has 4 atom stereocenters. The van der Waals surface area contributed by atoms with Gasteiger partial charge in [0.05, 0.1) is 4.92 Å². The van der Waals surface area contributed by atoms with Crippen molar-refractivity contribution in [3.63, 3.8) is 0 Å². The lowest BCUT2D eigenvalue weighted by atomic mass is 9.91. The molecule has 2 saturated heterocycles. The molecular formula is C22H35N3O3. The Morgan fingerprint density at radius 3 is 1.57 bits per heavy atom. The summed E-state index contributed by atoms with van der Waals surface area (Å²) in [7, 11) is 0. The van der Waals surface area contributed by atoms with Gasteiger partial charge in [0.1, 0.15) is 5.75 Å². The van der Waals surface area contributed by atoms with Gasteiger partial charge in [-0.3, -0.25) is 19.9 Å². The minimum Gasteiger partial charge on any atom is -0.507 e. The summed E-state index contributed by atoms with van der Waals surface area (Å²) in [6.07, 6.45) is 2.43. The Morgan fingerprint density at radius 1 is 0.893 bits per heavy atom. The van der Waals surface area contributed by atoms with Gasteiger partial charge in [-0.05, 0) is 36.5 Å². The molecule has 2 aliphatic rings. The Bertz CT molecular complexity index is 639. The normalized spacial score (nSPS) is 29.7. The first-order valence-corrected chi connectivity index (χ1v) is 10.6. The van der Waals surface area contributed by atoms with Crippen molar-refractivity contribution >= 4 is 5.69 Å². The van der Waals surface area contributed by atoms with E-state index in [4.69, 9.17) is 0 Å². The maximum absolute atomic E-state index is 11.5. The SMILES string of the molecule is CC1CC(C)CN(Cc2cc([N+](=O)[O-])cc(CN3CC(C)CC(C)C3)c2O)C1. The van der Waals surface area contributed by atoms with Crippen molar-refractivity contribution in [1.29, 1.82) is 0 Å². The molecule has 0 bridgehead atoms. The van der Waals surface area contributed by atoms with E-state index in [0.29, 0.717) is 47.9 Å². The quantitative estimate of drug-likeness (QED) is 0.602. The third-order valence-electron chi connectivity index (χ3n) is 6.14. The number of rotatable bonds is 5. The van der Waals surface area contributed by atoms with E-state index in [1.807, 2.05) is 0 Å². The van der Waals surface area contributed by atoms with Gasteiger partial charge in [0.15, 0.2) is 0 Å². The summed E-state index contributed by atoms with van der Waals surface area (Å²) in [5, 5.41) is 22.5. The molecule has 6 heteroatoms. The van der Waals surface area contributed by atoms with E-state index >= 15 is 0 Å². The molecule has 0 spiro atoms. The van der Waals surface area contributed by atoms with Crippen molar-refractivity contribution in [2.45, 2.75) is 53.6 Å². The number of aromatic hydroxyl groups is 1. The van der Waals surface area contributed by atoms with Gasteiger partial charge in [-0.2, -0.15) is 0 Å². The van der Waals surface area contributed by atoms with Crippen LogP contribution in [0.1, 0.15) is 51.7 Å². The Labute approximate surface area is 168 Å². The largest absolute Gasteiger partial charge is 0.507 e. The topological polar surface area (TPSA) is 69.8 Å². The Morgan fingerprint density at radius 2 is 1.25 bits per heavy atom. The molecule has 1 N–H and O–H groups in total. The van der Waals surface area contributed by atoms with Crippen LogP contribution in [0.4, 0.5) is 5.69 Å². The molecule has 2 heterocycles. The Kier molecular flexibility index (Phi) is 6.61. The van der Waals surface area contributed by atoms with Crippen molar-refractivity contribution in [3.8, 4) is 5.75 Å². The predicted octanol–water partition coefficient (Wildman–Crippen LogP) is 4.26. The molecular weight excluding hydrogens is 354 g/mol. The third kappa shape index (κ3) is 5.23. The molecule has 0 aromatic heterocycles. The highest BCUT2D eigenvalue weighted by Gasteiger charge is 2.26. The molecule has 3 rings (SSSR count). The number of benzene rings is 1. The van der Waals surface area contributed by atoms with Crippen molar-refractivity contribution in [2.75, 3.05) is 26.2 Å². The highest BCUT2D eigenvalue weighted by atomic mass is 16.6. The highest BCUT2D eigenvalue weighted by Crippen LogP contribution is 2.33. The summed E-state index contributed by atoms with van der Waals surface area (Å²) in [4.78, 5) is 15.8. The van der Waals surface area contributed by atoms with Crippen LogP contribution >= 0.6 is 0 Å². The van der Waals surface area contributed by atoms with Gasteiger partial charge in [-0.1, -0.05) is 27.7 Å². The lowest BCUT2D eigenvalue weighted by Gasteiger charge is -2.36. The standard InChI is InChI=1S/C22H35N3O3/c1-15-5-16(2)10-23(9-15)13-19-7-21(25(27)28)8-20(22(19)26)14-24-11-17(3)6-18(4)12-24/h7-8,15-18,26H,5-6,9-14H2,1-4H3. The van der Waals surface area contributed by atoms with Crippen LogP contribution in [0.5, 0.6) is 5.75 Å². The second kappa shape index (κ2) is 8.78. The summed E-state index contributed by atoms with van der Waals surface area (Å²) >= 11 is 0. The van der Waals surface area contributed by atoms with Crippen LogP contribution in [-0.2, 0) is 13.1 Å². The average Bonchev–Trinajstić information content (AvgIpc) is 2.56. The fraction of sp³-hybridized carbons (Fsp3) is 0.727. The van der Waals surface area contributed by atoms with Crippen LogP contribution in [-0.4, -0.2) is 46.0 Å². The average molecular weight is 390 g/mol. The van der Waals surface area contributed by atoms with Crippen molar-refractivity contribution in [1.82, 2.24) is 9.80 Å². The molecule has 6 nitrogen and oxygen atoms in total. The molecule has 1 aromatic carbocycles. The summed E-state index contributed by atoms with van der Waals surface area (Å²) in [6.45, 7) is 14.0. The van der Waals surface area contributed by atoms with E-state index in [0.717, 1.165) is 26.2 Å². The molecule has 0 radical (unpaired) electrons. The number of nitrogens with zero attached hydrogens (tertiary/aromatic N) is 3. The zero-order chi connectivity index (χ0) is 20.4. The Hall–Kier alpha value is -1.66. The second-order valence-electron chi connectivity index (χ2n) is 9.65. The van der Waals surface area contributed by atoms with Crippen LogP contribution in [0.3, 0.4) is 0 Å². The minimum absolute atomic E-state index is 0.0824. The van der Waals surface area contributed by atoms with Crippen LogP contribution in [0.15, 0.2) is 12.1 Å². The molecule has 28 heavy (non-hydrogen) atoms. The van der Waals surface area contributed by atoms with Crippen molar-refractivity contribution < 1.29 is 10.0 Å². The van der Waals surface area contributed by atoms with E-state index in [9.17, 15) is 15.2 Å². The Balaban J connectivity index is 1.83. The number of phenols is 1. The molecule has 2 aliphatic heterocycles. The lowest BCUT2D eigenvalue weighted by molar-refractivity contribution is -0.385. The van der Waals surface area contributed by atoms with Gasteiger partial charge in [0.2, 0.25) is 0 Å². The zero-order valence-electron chi connectivity index (χ0n) is 17.7. The van der Waals surface area contributed by atoms with Gasteiger partial charge < -0.3 is 5.11 Å². The van der Waals surface area contributed by atoms with Gasteiger partial charge in [0, 0.05) is 62.5 Å². The number of hydrogen-bond donors (Lipinski definition) is 1. The summed E-state index contributed by atoms with van der Waals surface area (Å²) < 4.78 is 0. The first-order valence-electron chi connectivity index (χ1n) is 10.6. The van der Waals surface area contributed by atoms with Gasteiger partial charge in [-0.25, -0.2) is 0 Å². The monoisotopic (exact) mass is 389 g/mol. The lowest BCUT2D eigenvalue weighted by Crippen LogP contribution is -2.38. The summed E-state index contributed by atoms with van der Waals surface area (Å²) in [5.41, 5.74) is 1.45. The van der Waals surface area contributed by atoms with Crippen LogP contribution in [0, 0.1) is 33.8 Å². The third-order valence-corrected chi connectivity index (χ3v) is 6.14. The molecule has 156 valence electrons. The number of non-ortho nitro benzene ring substituents is 1. The first-order chi connectivity index (χ1) is 13.2. The zero-order valence-corrected chi connectivity index (χ0v) is 17.7. The number of likely N-dealkylation sites (tertiary alicyclic amines) is 2. The summed E-state index contributed by atoms with van der Waals surface area (Å²) in [5.74, 6) is 2.68. The van der Waals surface area contributed by atoms with Crippen LogP contribution in [0.25, 0.3) is 0 Å². The van der Waals surface area contributed by atoms with E-state index in [1.165, 1.54) is 12.8 Å². The highest BCUT2D eigenvalue weighted by molar-refractivity contribution is 5.49. The minimum atomic E-state index is -0.338. The number of hydrogen-bond acceptors (Lipinski definition) is 5. The van der Waals surface area contributed by atoms with E-state index in [2.05, 4.69) is 37.5 Å². The van der Waals surface area contributed by atoms with Crippen LogP contribution in [0.2, 0.25) is 0 Å². The molecule has 0 amide bonds. The van der Waals surface area contributed by atoms with Gasteiger partial charge in [-0.15, -0.1) is 0 Å². The fourth-order valence-corrected chi connectivity index (χ4v) is 5.41. The predicted molar refractivity (Wildman–Crippen MR) is 111 cm³/mol. The number of phenolic OH excluding ortho intramolecular Hbond substituents is 1. The van der Waals surface area contributed by atoms with Crippen molar-refractivity contribution in [2.24, 2.45) is 23.7 Å². The van der Waals surface area contributed by atoms with E-state index in [-0.39, 0.29) is 16.4 Å². The van der Waals surface area contributed by atoms with Gasteiger partial charge >= 0.3 is 0 Å².